The molecular formula is C16H15ClO. The van der Waals surface area contributed by atoms with Crippen molar-refractivity contribution in [3.05, 3.63) is 58.6 Å². The van der Waals surface area contributed by atoms with Gasteiger partial charge in [-0.3, -0.25) is 0 Å². The van der Waals surface area contributed by atoms with Crippen molar-refractivity contribution in [3.63, 3.8) is 0 Å². The van der Waals surface area contributed by atoms with Gasteiger partial charge in [-0.25, -0.2) is 0 Å². The predicted molar refractivity (Wildman–Crippen MR) is 74.8 cm³/mol. The van der Waals surface area contributed by atoms with Crippen molar-refractivity contribution in [2.75, 3.05) is 0 Å². The van der Waals surface area contributed by atoms with Crippen LogP contribution in [0.1, 0.15) is 30.1 Å². The number of aliphatic hydroxyl groups excluding tert-OH is 1. The van der Waals surface area contributed by atoms with Gasteiger partial charge in [-0.2, -0.15) is 0 Å². The maximum absolute atomic E-state index is 9.95. The highest BCUT2D eigenvalue weighted by atomic mass is 35.5. The van der Waals surface area contributed by atoms with Crippen LogP contribution < -0.4 is 0 Å². The quantitative estimate of drug-likeness (QED) is 0.805. The highest BCUT2D eigenvalue weighted by molar-refractivity contribution is 6.30. The zero-order valence-electron chi connectivity index (χ0n) is 10.1. The summed E-state index contributed by atoms with van der Waals surface area (Å²) in [5.74, 6) is 0. The van der Waals surface area contributed by atoms with Gasteiger partial charge in [0.25, 0.3) is 0 Å². The first kappa shape index (κ1) is 11.8. The number of halogens is 1. The van der Waals surface area contributed by atoms with E-state index in [2.05, 4.69) is 24.3 Å². The van der Waals surface area contributed by atoms with E-state index in [0.717, 1.165) is 35.4 Å². The number of rotatable bonds is 1. The van der Waals surface area contributed by atoms with E-state index in [1.54, 1.807) is 0 Å². The van der Waals surface area contributed by atoms with E-state index in [-0.39, 0.29) is 6.10 Å². The lowest BCUT2D eigenvalue weighted by Gasteiger charge is -2.22. The van der Waals surface area contributed by atoms with Crippen molar-refractivity contribution < 1.29 is 5.11 Å². The van der Waals surface area contributed by atoms with E-state index in [9.17, 15) is 5.11 Å². The molecule has 2 aromatic rings. The third kappa shape index (κ3) is 2.16. The Morgan fingerprint density at radius 2 is 1.89 bits per heavy atom. The Kier molecular flexibility index (Phi) is 3.11. The summed E-state index contributed by atoms with van der Waals surface area (Å²) in [4.78, 5) is 0. The first-order valence-corrected chi connectivity index (χ1v) is 6.69. The van der Waals surface area contributed by atoms with Crippen LogP contribution in [0.3, 0.4) is 0 Å². The second kappa shape index (κ2) is 4.75. The Morgan fingerprint density at radius 1 is 1.06 bits per heavy atom. The third-order valence-corrected chi connectivity index (χ3v) is 3.82. The van der Waals surface area contributed by atoms with E-state index < -0.39 is 0 Å². The molecule has 0 aromatic heterocycles. The Bertz CT molecular complexity index is 577. The van der Waals surface area contributed by atoms with Gasteiger partial charge in [0, 0.05) is 5.02 Å². The summed E-state index contributed by atoms with van der Waals surface area (Å²) in [5, 5.41) is 10.7. The molecule has 0 spiro atoms. The van der Waals surface area contributed by atoms with Crippen molar-refractivity contribution in [2.24, 2.45) is 0 Å². The van der Waals surface area contributed by atoms with Gasteiger partial charge in [0.05, 0.1) is 6.10 Å². The maximum atomic E-state index is 9.95. The van der Waals surface area contributed by atoms with Crippen LogP contribution in [0.4, 0.5) is 0 Å². The Morgan fingerprint density at radius 3 is 2.72 bits per heavy atom. The molecule has 0 radical (unpaired) electrons. The fourth-order valence-corrected chi connectivity index (χ4v) is 2.83. The van der Waals surface area contributed by atoms with Crippen LogP contribution in [-0.4, -0.2) is 5.11 Å². The summed E-state index contributed by atoms with van der Waals surface area (Å²) in [6, 6.07) is 14.2. The zero-order valence-corrected chi connectivity index (χ0v) is 10.8. The molecule has 0 saturated carbocycles. The molecule has 2 aromatic carbocycles. The van der Waals surface area contributed by atoms with E-state index in [0.29, 0.717) is 0 Å². The van der Waals surface area contributed by atoms with Gasteiger partial charge < -0.3 is 5.11 Å². The predicted octanol–water partition coefficient (Wildman–Crippen LogP) is 4.38. The SMILES string of the molecule is OC1CCCc2cc(-c3cccc(Cl)c3)ccc21. The van der Waals surface area contributed by atoms with Gasteiger partial charge in [0.2, 0.25) is 0 Å². The van der Waals surface area contributed by atoms with Crippen molar-refractivity contribution >= 4 is 11.6 Å². The number of fused-ring (bicyclic) bond motifs is 1. The molecule has 1 nitrogen and oxygen atoms in total. The lowest BCUT2D eigenvalue weighted by atomic mass is 9.87. The van der Waals surface area contributed by atoms with E-state index in [4.69, 9.17) is 11.6 Å². The molecule has 1 atom stereocenters. The number of hydrogen-bond donors (Lipinski definition) is 1. The van der Waals surface area contributed by atoms with Crippen molar-refractivity contribution in [3.8, 4) is 11.1 Å². The maximum Gasteiger partial charge on any atom is 0.0792 e. The molecule has 0 aliphatic heterocycles. The largest absolute Gasteiger partial charge is 0.388 e. The normalized spacial score (nSPS) is 18.4. The molecule has 0 fully saturated rings. The molecule has 1 aliphatic rings. The third-order valence-electron chi connectivity index (χ3n) is 3.58. The Labute approximate surface area is 112 Å². The first-order valence-electron chi connectivity index (χ1n) is 6.31. The van der Waals surface area contributed by atoms with E-state index in [1.807, 2.05) is 18.2 Å². The molecule has 1 aliphatic carbocycles. The van der Waals surface area contributed by atoms with Crippen LogP contribution in [0.15, 0.2) is 42.5 Å². The molecule has 2 heteroatoms. The highest BCUT2D eigenvalue weighted by Crippen LogP contribution is 2.33. The summed E-state index contributed by atoms with van der Waals surface area (Å²) in [5.41, 5.74) is 4.66. The van der Waals surface area contributed by atoms with Gasteiger partial charge in [0.15, 0.2) is 0 Å². The summed E-state index contributed by atoms with van der Waals surface area (Å²) in [7, 11) is 0. The van der Waals surface area contributed by atoms with Crippen molar-refractivity contribution in [1.82, 2.24) is 0 Å². The topological polar surface area (TPSA) is 20.2 Å². The minimum atomic E-state index is -0.290. The summed E-state index contributed by atoms with van der Waals surface area (Å²) in [6.45, 7) is 0. The van der Waals surface area contributed by atoms with Gasteiger partial charge in [0.1, 0.15) is 0 Å². The molecular weight excluding hydrogens is 244 g/mol. The minimum Gasteiger partial charge on any atom is -0.388 e. The highest BCUT2D eigenvalue weighted by Gasteiger charge is 2.17. The standard InChI is InChI=1S/C16H15ClO/c17-14-5-1-3-11(10-14)12-7-8-15-13(9-12)4-2-6-16(15)18/h1,3,5,7-10,16,18H,2,4,6H2. The number of aliphatic hydroxyl groups is 1. The van der Waals surface area contributed by atoms with Crippen molar-refractivity contribution in [2.45, 2.75) is 25.4 Å². The summed E-state index contributed by atoms with van der Waals surface area (Å²) >= 11 is 6.02. The lowest BCUT2D eigenvalue weighted by Crippen LogP contribution is -2.08. The Hall–Kier alpha value is -1.31. The van der Waals surface area contributed by atoms with Crippen molar-refractivity contribution in [1.29, 1.82) is 0 Å². The second-order valence-electron chi connectivity index (χ2n) is 4.83. The zero-order chi connectivity index (χ0) is 12.5. The summed E-state index contributed by atoms with van der Waals surface area (Å²) < 4.78 is 0. The molecule has 1 N–H and O–H groups in total. The lowest BCUT2D eigenvalue weighted by molar-refractivity contribution is 0.156. The molecule has 0 bridgehead atoms. The summed E-state index contributed by atoms with van der Waals surface area (Å²) in [6.07, 6.45) is 2.71. The van der Waals surface area contributed by atoms with Crippen LogP contribution in [0, 0.1) is 0 Å². The fourth-order valence-electron chi connectivity index (χ4n) is 2.64. The fraction of sp³-hybridized carbons (Fsp3) is 0.250. The van der Waals surface area contributed by atoms with Crippen LogP contribution in [0.2, 0.25) is 5.02 Å². The van der Waals surface area contributed by atoms with Crippen LogP contribution in [-0.2, 0) is 6.42 Å². The van der Waals surface area contributed by atoms with Gasteiger partial charge in [-0.1, -0.05) is 41.9 Å². The molecule has 0 heterocycles. The average Bonchev–Trinajstić information content (AvgIpc) is 2.39. The first-order chi connectivity index (χ1) is 8.74. The average molecular weight is 259 g/mol. The molecule has 0 amide bonds. The van der Waals surface area contributed by atoms with E-state index in [1.165, 1.54) is 11.1 Å². The van der Waals surface area contributed by atoms with Crippen LogP contribution in [0.5, 0.6) is 0 Å². The minimum absolute atomic E-state index is 0.290. The van der Waals surface area contributed by atoms with Gasteiger partial charge in [-0.05, 0) is 53.6 Å². The molecule has 18 heavy (non-hydrogen) atoms. The van der Waals surface area contributed by atoms with E-state index >= 15 is 0 Å². The molecule has 1 unspecified atom stereocenters. The Balaban J connectivity index is 2.04. The number of benzene rings is 2. The number of aryl methyl sites for hydroxylation is 1. The molecule has 92 valence electrons. The molecule has 3 rings (SSSR count). The molecule has 0 saturated heterocycles. The van der Waals surface area contributed by atoms with Gasteiger partial charge >= 0.3 is 0 Å². The monoisotopic (exact) mass is 258 g/mol. The smallest absolute Gasteiger partial charge is 0.0792 e. The number of hydrogen-bond acceptors (Lipinski definition) is 1. The van der Waals surface area contributed by atoms with Crippen LogP contribution >= 0.6 is 11.6 Å². The second-order valence-corrected chi connectivity index (χ2v) is 5.27. The van der Waals surface area contributed by atoms with Gasteiger partial charge in [-0.15, -0.1) is 0 Å². The van der Waals surface area contributed by atoms with Crippen LogP contribution in [0.25, 0.3) is 11.1 Å².